The third-order valence-corrected chi connectivity index (χ3v) is 6.91. The van der Waals surface area contributed by atoms with Gasteiger partial charge in [-0.1, -0.05) is 37.3 Å². The average Bonchev–Trinajstić information content (AvgIpc) is 3.07. The van der Waals surface area contributed by atoms with Gasteiger partial charge in [0.2, 0.25) is 0 Å². The Morgan fingerprint density at radius 1 is 1.20 bits per heavy atom. The monoisotopic (exact) mass is 362 g/mol. The van der Waals surface area contributed by atoms with Gasteiger partial charge >= 0.3 is 0 Å². The molecule has 0 spiro atoms. The Balaban J connectivity index is 1.65. The van der Waals surface area contributed by atoms with Gasteiger partial charge in [-0.15, -0.1) is 0 Å². The fourth-order valence-electron chi connectivity index (χ4n) is 3.38. The number of benzene rings is 1. The molecule has 0 unspecified atom stereocenters. The van der Waals surface area contributed by atoms with Gasteiger partial charge in [0.05, 0.1) is 6.20 Å². The SMILES string of the molecule is CCN(Cc1ccccc1)S(=O)(=O)N1CCC(c2cnn(C)c2)CC1. The lowest BCUT2D eigenvalue weighted by atomic mass is 9.93. The molecule has 0 aliphatic carbocycles. The molecule has 0 radical (unpaired) electrons. The molecule has 0 N–H and O–H groups in total. The predicted molar refractivity (Wildman–Crippen MR) is 98.2 cm³/mol. The van der Waals surface area contributed by atoms with Gasteiger partial charge in [-0.3, -0.25) is 4.68 Å². The Hall–Kier alpha value is -1.70. The third kappa shape index (κ3) is 4.11. The van der Waals surface area contributed by atoms with Crippen LogP contribution in [0.2, 0.25) is 0 Å². The molecule has 1 fully saturated rings. The van der Waals surface area contributed by atoms with Crippen LogP contribution in [0.3, 0.4) is 0 Å². The van der Waals surface area contributed by atoms with Gasteiger partial charge in [0, 0.05) is 39.4 Å². The van der Waals surface area contributed by atoms with E-state index in [0.29, 0.717) is 32.1 Å². The van der Waals surface area contributed by atoms with Crippen LogP contribution < -0.4 is 0 Å². The molecule has 7 heteroatoms. The summed E-state index contributed by atoms with van der Waals surface area (Å²) in [5.74, 6) is 0.393. The highest BCUT2D eigenvalue weighted by atomic mass is 32.2. The Kier molecular flexibility index (Phi) is 5.56. The molecule has 0 bridgehead atoms. The molecule has 0 atom stereocenters. The van der Waals surface area contributed by atoms with Crippen LogP contribution in [0.5, 0.6) is 0 Å². The van der Waals surface area contributed by atoms with Gasteiger partial charge in [0.25, 0.3) is 10.2 Å². The number of hydrogen-bond donors (Lipinski definition) is 0. The molecule has 25 heavy (non-hydrogen) atoms. The summed E-state index contributed by atoms with van der Waals surface area (Å²) in [6.45, 7) is 3.91. The van der Waals surface area contributed by atoms with Crippen LogP contribution in [0.1, 0.15) is 36.8 Å². The van der Waals surface area contributed by atoms with Crippen molar-refractivity contribution in [1.82, 2.24) is 18.4 Å². The first-order valence-electron chi connectivity index (χ1n) is 8.78. The second kappa shape index (κ2) is 7.68. The van der Waals surface area contributed by atoms with Crippen LogP contribution >= 0.6 is 0 Å². The highest BCUT2D eigenvalue weighted by molar-refractivity contribution is 7.86. The van der Waals surface area contributed by atoms with Gasteiger partial charge in [-0.05, 0) is 29.9 Å². The summed E-state index contributed by atoms with van der Waals surface area (Å²) in [6, 6.07) is 9.75. The minimum absolute atomic E-state index is 0.393. The number of hydrogen-bond acceptors (Lipinski definition) is 3. The van der Waals surface area contributed by atoms with E-state index in [2.05, 4.69) is 5.10 Å². The highest BCUT2D eigenvalue weighted by Crippen LogP contribution is 2.29. The van der Waals surface area contributed by atoms with Crippen LogP contribution in [-0.4, -0.2) is 46.4 Å². The summed E-state index contributed by atoms with van der Waals surface area (Å²) in [5.41, 5.74) is 2.22. The van der Waals surface area contributed by atoms with Crippen LogP contribution in [0.15, 0.2) is 42.7 Å². The Morgan fingerprint density at radius 3 is 2.44 bits per heavy atom. The topological polar surface area (TPSA) is 58.4 Å². The molecule has 3 rings (SSSR count). The highest BCUT2D eigenvalue weighted by Gasteiger charge is 2.32. The first-order chi connectivity index (χ1) is 12.0. The van der Waals surface area contributed by atoms with Crippen molar-refractivity contribution in [2.24, 2.45) is 7.05 Å². The van der Waals surface area contributed by atoms with Gasteiger partial charge < -0.3 is 0 Å². The molecule has 136 valence electrons. The first-order valence-corrected chi connectivity index (χ1v) is 10.2. The summed E-state index contributed by atoms with van der Waals surface area (Å²) < 4.78 is 31.0. The van der Waals surface area contributed by atoms with E-state index in [0.717, 1.165) is 18.4 Å². The molecule has 1 aliphatic heterocycles. The zero-order valence-corrected chi connectivity index (χ0v) is 15.7. The van der Waals surface area contributed by atoms with Gasteiger partial charge in [0.15, 0.2) is 0 Å². The minimum Gasteiger partial charge on any atom is -0.276 e. The summed E-state index contributed by atoms with van der Waals surface area (Å²) in [4.78, 5) is 0. The smallest absolute Gasteiger partial charge is 0.276 e. The van der Waals surface area contributed by atoms with Gasteiger partial charge in [-0.2, -0.15) is 22.1 Å². The maximum atomic E-state index is 13.0. The normalized spacial score (nSPS) is 17.2. The Morgan fingerprint density at radius 2 is 1.88 bits per heavy atom. The number of rotatable bonds is 6. The molecular formula is C18H26N4O2S. The number of aromatic nitrogens is 2. The molecule has 1 aromatic heterocycles. The van der Waals surface area contributed by atoms with Crippen molar-refractivity contribution in [3.05, 3.63) is 53.9 Å². The average molecular weight is 362 g/mol. The molecule has 1 aromatic carbocycles. The van der Waals surface area contributed by atoms with E-state index in [-0.39, 0.29) is 0 Å². The second-order valence-electron chi connectivity index (χ2n) is 6.54. The number of piperidine rings is 1. The van der Waals surface area contributed by atoms with Crippen LogP contribution in [0.25, 0.3) is 0 Å². The zero-order chi connectivity index (χ0) is 17.9. The quantitative estimate of drug-likeness (QED) is 0.793. The fraction of sp³-hybridized carbons (Fsp3) is 0.500. The lowest BCUT2D eigenvalue weighted by Gasteiger charge is -2.34. The van der Waals surface area contributed by atoms with Crippen molar-refractivity contribution in [1.29, 1.82) is 0 Å². The van der Waals surface area contributed by atoms with Crippen LogP contribution in [-0.2, 0) is 23.8 Å². The molecule has 0 amide bonds. The Labute approximate surface area is 150 Å². The van der Waals surface area contributed by atoms with E-state index in [9.17, 15) is 8.42 Å². The van der Waals surface area contributed by atoms with Crippen molar-refractivity contribution in [2.45, 2.75) is 32.2 Å². The molecule has 1 saturated heterocycles. The number of nitrogens with zero attached hydrogens (tertiary/aromatic N) is 4. The van der Waals surface area contributed by atoms with E-state index < -0.39 is 10.2 Å². The van der Waals surface area contributed by atoms with Crippen molar-refractivity contribution >= 4 is 10.2 Å². The second-order valence-corrected chi connectivity index (χ2v) is 8.47. The summed E-state index contributed by atoms with van der Waals surface area (Å²) in [5, 5.41) is 4.22. The molecule has 6 nitrogen and oxygen atoms in total. The molecule has 2 heterocycles. The van der Waals surface area contributed by atoms with Crippen molar-refractivity contribution in [2.75, 3.05) is 19.6 Å². The van der Waals surface area contributed by atoms with E-state index in [1.807, 2.05) is 56.7 Å². The van der Waals surface area contributed by atoms with Gasteiger partial charge in [-0.25, -0.2) is 0 Å². The fourth-order valence-corrected chi connectivity index (χ4v) is 5.02. The summed E-state index contributed by atoms with van der Waals surface area (Å²) in [6.07, 6.45) is 5.60. The summed E-state index contributed by atoms with van der Waals surface area (Å²) >= 11 is 0. The van der Waals surface area contributed by atoms with E-state index in [1.54, 1.807) is 13.3 Å². The van der Waals surface area contributed by atoms with Crippen molar-refractivity contribution < 1.29 is 8.42 Å². The zero-order valence-electron chi connectivity index (χ0n) is 14.9. The van der Waals surface area contributed by atoms with Crippen molar-refractivity contribution in [3.63, 3.8) is 0 Å². The van der Waals surface area contributed by atoms with Crippen molar-refractivity contribution in [3.8, 4) is 0 Å². The largest absolute Gasteiger partial charge is 0.282 e. The minimum atomic E-state index is -3.43. The maximum Gasteiger partial charge on any atom is 0.282 e. The Bertz CT molecular complexity index is 780. The van der Waals surface area contributed by atoms with E-state index in [1.165, 1.54) is 5.56 Å². The standard InChI is InChI=1S/C18H26N4O2S/c1-3-21(14-16-7-5-4-6-8-16)25(23,24)22-11-9-17(10-12-22)18-13-19-20(2)15-18/h4-8,13,15,17H,3,9-12,14H2,1-2H3. The molecule has 0 saturated carbocycles. The molecular weight excluding hydrogens is 336 g/mol. The van der Waals surface area contributed by atoms with E-state index >= 15 is 0 Å². The van der Waals surface area contributed by atoms with Crippen LogP contribution in [0, 0.1) is 0 Å². The molecule has 2 aromatic rings. The summed E-state index contributed by atoms with van der Waals surface area (Å²) in [7, 11) is -1.52. The van der Waals surface area contributed by atoms with Crippen LogP contribution in [0.4, 0.5) is 0 Å². The predicted octanol–water partition coefficient (Wildman–Crippen LogP) is 2.37. The molecule has 1 aliphatic rings. The lowest BCUT2D eigenvalue weighted by Crippen LogP contribution is -2.46. The third-order valence-electron chi connectivity index (χ3n) is 4.86. The lowest BCUT2D eigenvalue weighted by molar-refractivity contribution is 0.286. The first kappa shape index (κ1) is 18.1. The maximum absolute atomic E-state index is 13.0. The number of aryl methyl sites for hydroxylation is 1. The van der Waals surface area contributed by atoms with E-state index in [4.69, 9.17) is 0 Å². The van der Waals surface area contributed by atoms with Gasteiger partial charge in [0.1, 0.15) is 0 Å².